The summed E-state index contributed by atoms with van der Waals surface area (Å²) in [5.41, 5.74) is 4.58. The maximum atomic E-state index is 12.0. The van der Waals surface area contributed by atoms with Gasteiger partial charge in [0.05, 0.1) is 7.11 Å². The quantitative estimate of drug-likeness (QED) is 0.806. The zero-order valence-corrected chi connectivity index (χ0v) is 12.3. The van der Waals surface area contributed by atoms with Crippen molar-refractivity contribution < 1.29 is 9.53 Å². The standard InChI is InChI=1S/C17H17N3O2/c1-11-9-12-3-4-14(10-16(12)18-11)20-17(21)19-13-5-7-15(22-2)8-6-13/h3-8,10,18H,1,9H2,2H3,(H2,19,20,21). The average molecular weight is 295 g/mol. The van der Waals surface area contributed by atoms with Crippen molar-refractivity contribution in [2.24, 2.45) is 0 Å². The van der Waals surface area contributed by atoms with Gasteiger partial charge in [-0.3, -0.25) is 0 Å². The average Bonchev–Trinajstić information content (AvgIpc) is 2.87. The molecule has 0 bridgehead atoms. The number of methoxy groups -OCH3 is 1. The van der Waals surface area contributed by atoms with Crippen molar-refractivity contribution in [2.45, 2.75) is 6.42 Å². The molecule has 22 heavy (non-hydrogen) atoms. The van der Waals surface area contributed by atoms with Crippen molar-refractivity contribution in [3.63, 3.8) is 0 Å². The topological polar surface area (TPSA) is 62.4 Å². The molecule has 5 heteroatoms. The smallest absolute Gasteiger partial charge is 0.323 e. The fourth-order valence-electron chi connectivity index (χ4n) is 2.36. The summed E-state index contributed by atoms with van der Waals surface area (Å²) in [6, 6.07) is 12.6. The minimum Gasteiger partial charge on any atom is -0.497 e. The molecular weight excluding hydrogens is 278 g/mol. The molecule has 0 saturated carbocycles. The van der Waals surface area contributed by atoms with E-state index in [1.165, 1.54) is 5.56 Å². The molecule has 1 aliphatic heterocycles. The minimum absolute atomic E-state index is 0.290. The molecule has 2 aromatic rings. The molecule has 5 nitrogen and oxygen atoms in total. The monoisotopic (exact) mass is 295 g/mol. The van der Waals surface area contributed by atoms with Crippen LogP contribution < -0.4 is 20.7 Å². The number of urea groups is 1. The summed E-state index contributed by atoms with van der Waals surface area (Å²) in [6.07, 6.45) is 0.827. The molecule has 0 atom stereocenters. The second-order valence-electron chi connectivity index (χ2n) is 5.08. The van der Waals surface area contributed by atoms with E-state index in [1.54, 1.807) is 31.4 Å². The highest BCUT2D eigenvalue weighted by Crippen LogP contribution is 2.29. The van der Waals surface area contributed by atoms with Crippen LogP contribution in [-0.2, 0) is 6.42 Å². The van der Waals surface area contributed by atoms with Crippen LogP contribution in [0.25, 0.3) is 0 Å². The number of fused-ring (bicyclic) bond motifs is 1. The van der Waals surface area contributed by atoms with E-state index in [0.29, 0.717) is 5.69 Å². The van der Waals surface area contributed by atoms with Crippen LogP contribution in [-0.4, -0.2) is 13.1 Å². The Bertz CT molecular complexity index is 723. The molecule has 0 aromatic heterocycles. The van der Waals surface area contributed by atoms with Gasteiger partial charge in [0, 0.05) is 29.2 Å². The molecule has 0 aliphatic carbocycles. The first-order valence-corrected chi connectivity index (χ1v) is 6.94. The summed E-state index contributed by atoms with van der Waals surface area (Å²) >= 11 is 0. The molecule has 0 spiro atoms. The van der Waals surface area contributed by atoms with Gasteiger partial charge in [0.15, 0.2) is 0 Å². The Morgan fingerprint density at radius 1 is 1.14 bits per heavy atom. The number of hydrogen-bond donors (Lipinski definition) is 3. The highest BCUT2D eigenvalue weighted by molar-refractivity contribution is 6.00. The number of ether oxygens (including phenoxy) is 1. The molecule has 1 heterocycles. The molecule has 0 unspecified atom stereocenters. The molecule has 1 aliphatic rings. The van der Waals surface area contributed by atoms with E-state index in [1.807, 2.05) is 18.2 Å². The number of allylic oxidation sites excluding steroid dienone is 1. The van der Waals surface area contributed by atoms with Gasteiger partial charge in [0.25, 0.3) is 0 Å². The molecule has 0 radical (unpaired) electrons. The second kappa shape index (κ2) is 5.81. The maximum Gasteiger partial charge on any atom is 0.323 e. The number of rotatable bonds is 3. The Balaban J connectivity index is 1.64. The number of carbonyl (C=O) groups excluding carboxylic acids is 1. The fourth-order valence-corrected chi connectivity index (χ4v) is 2.36. The van der Waals surface area contributed by atoms with Crippen molar-refractivity contribution >= 4 is 23.1 Å². The number of carbonyl (C=O) groups is 1. The lowest BCUT2D eigenvalue weighted by Gasteiger charge is -2.09. The van der Waals surface area contributed by atoms with Crippen LogP contribution in [0.3, 0.4) is 0 Å². The minimum atomic E-state index is -0.290. The third kappa shape index (κ3) is 3.03. The first kappa shape index (κ1) is 14.0. The molecule has 3 N–H and O–H groups in total. The van der Waals surface area contributed by atoms with Gasteiger partial charge in [0.2, 0.25) is 0 Å². The maximum absolute atomic E-state index is 12.0. The van der Waals surface area contributed by atoms with Crippen LogP contribution in [0.4, 0.5) is 21.9 Å². The Kier molecular flexibility index (Phi) is 3.70. The predicted octanol–water partition coefficient (Wildman–Crippen LogP) is 3.82. The van der Waals surface area contributed by atoms with Crippen molar-refractivity contribution in [2.75, 3.05) is 23.1 Å². The van der Waals surface area contributed by atoms with E-state index < -0.39 is 0 Å². The summed E-state index contributed by atoms with van der Waals surface area (Å²) in [7, 11) is 1.60. The van der Waals surface area contributed by atoms with Gasteiger partial charge in [0.1, 0.15) is 5.75 Å². The highest BCUT2D eigenvalue weighted by atomic mass is 16.5. The van der Waals surface area contributed by atoms with Crippen molar-refractivity contribution in [1.29, 1.82) is 0 Å². The van der Waals surface area contributed by atoms with E-state index >= 15 is 0 Å². The van der Waals surface area contributed by atoms with Crippen molar-refractivity contribution in [1.82, 2.24) is 0 Å². The zero-order chi connectivity index (χ0) is 15.5. The van der Waals surface area contributed by atoms with Crippen LogP contribution in [0.2, 0.25) is 0 Å². The SMILES string of the molecule is C=C1Cc2ccc(NC(=O)Nc3ccc(OC)cc3)cc2N1. The number of hydrogen-bond acceptors (Lipinski definition) is 3. The van der Waals surface area contributed by atoms with Crippen LogP contribution in [0.1, 0.15) is 5.56 Å². The van der Waals surface area contributed by atoms with E-state index in [4.69, 9.17) is 4.74 Å². The molecular formula is C17H17N3O2. The number of benzene rings is 2. The molecule has 3 rings (SSSR count). The highest BCUT2D eigenvalue weighted by Gasteiger charge is 2.14. The third-order valence-corrected chi connectivity index (χ3v) is 3.43. The Labute approximate surface area is 129 Å². The lowest BCUT2D eigenvalue weighted by molar-refractivity contribution is 0.262. The largest absolute Gasteiger partial charge is 0.497 e. The van der Waals surface area contributed by atoms with Gasteiger partial charge in [-0.2, -0.15) is 0 Å². The number of nitrogens with one attached hydrogen (secondary N) is 3. The summed E-state index contributed by atoms with van der Waals surface area (Å²) < 4.78 is 5.08. The molecule has 112 valence electrons. The Morgan fingerprint density at radius 2 is 1.82 bits per heavy atom. The van der Waals surface area contributed by atoms with E-state index in [2.05, 4.69) is 22.5 Å². The molecule has 2 amide bonds. The summed E-state index contributed by atoms with van der Waals surface area (Å²) in [4.78, 5) is 12.0. The first-order chi connectivity index (χ1) is 10.6. The van der Waals surface area contributed by atoms with E-state index in [-0.39, 0.29) is 6.03 Å². The predicted molar refractivity (Wildman–Crippen MR) is 88.5 cm³/mol. The van der Waals surface area contributed by atoms with Gasteiger partial charge < -0.3 is 20.7 Å². The molecule has 2 aromatic carbocycles. The fraction of sp³-hybridized carbons (Fsp3) is 0.118. The van der Waals surface area contributed by atoms with Gasteiger partial charge in [-0.25, -0.2) is 4.79 Å². The third-order valence-electron chi connectivity index (χ3n) is 3.43. The number of anilines is 3. The first-order valence-electron chi connectivity index (χ1n) is 6.94. The summed E-state index contributed by atoms with van der Waals surface area (Å²) in [6.45, 7) is 3.91. The normalized spacial score (nSPS) is 12.3. The Hall–Kier alpha value is -2.95. The summed E-state index contributed by atoms with van der Waals surface area (Å²) in [5, 5.41) is 8.78. The van der Waals surface area contributed by atoms with Crippen LogP contribution in [0.15, 0.2) is 54.7 Å². The van der Waals surface area contributed by atoms with Gasteiger partial charge in [-0.05, 0) is 42.0 Å². The van der Waals surface area contributed by atoms with E-state index in [0.717, 1.165) is 29.2 Å². The van der Waals surface area contributed by atoms with Gasteiger partial charge in [-0.1, -0.05) is 12.6 Å². The van der Waals surface area contributed by atoms with E-state index in [9.17, 15) is 4.79 Å². The number of amides is 2. The summed E-state index contributed by atoms with van der Waals surface area (Å²) in [5.74, 6) is 0.746. The lowest BCUT2D eigenvalue weighted by atomic mass is 10.1. The van der Waals surface area contributed by atoms with Gasteiger partial charge >= 0.3 is 6.03 Å². The molecule has 0 fully saturated rings. The van der Waals surface area contributed by atoms with Gasteiger partial charge in [-0.15, -0.1) is 0 Å². The van der Waals surface area contributed by atoms with Crippen molar-refractivity contribution in [3.05, 3.63) is 60.3 Å². The zero-order valence-electron chi connectivity index (χ0n) is 12.3. The lowest BCUT2D eigenvalue weighted by Crippen LogP contribution is -2.19. The molecule has 0 saturated heterocycles. The van der Waals surface area contributed by atoms with Crippen LogP contribution >= 0.6 is 0 Å². The second-order valence-corrected chi connectivity index (χ2v) is 5.08. The van der Waals surface area contributed by atoms with Crippen LogP contribution in [0, 0.1) is 0 Å². The van der Waals surface area contributed by atoms with Crippen molar-refractivity contribution in [3.8, 4) is 5.75 Å². The van der Waals surface area contributed by atoms with Crippen LogP contribution in [0.5, 0.6) is 5.75 Å². The Morgan fingerprint density at radius 3 is 2.55 bits per heavy atom.